The van der Waals surface area contributed by atoms with Crippen LogP contribution >= 0.6 is 0 Å². The first-order valence-corrected chi connectivity index (χ1v) is 9.70. The van der Waals surface area contributed by atoms with Gasteiger partial charge in [-0.1, -0.05) is 55.1 Å². The Morgan fingerprint density at radius 3 is 2.27 bits per heavy atom. The number of fused-ring (bicyclic) bond motifs is 3. The molecular formula is C23H21NO6. The first-order chi connectivity index (χ1) is 14.5. The van der Waals surface area contributed by atoms with E-state index in [2.05, 4.69) is 6.58 Å². The van der Waals surface area contributed by atoms with Crippen molar-refractivity contribution in [3.8, 4) is 11.1 Å². The van der Waals surface area contributed by atoms with Gasteiger partial charge in [-0.05, 0) is 35.1 Å². The van der Waals surface area contributed by atoms with Gasteiger partial charge in [0, 0.05) is 18.5 Å². The third-order valence-electron chi connectivity index (χ3n) is 5.73. The summed E-state index contributed by atoms with van der Waals surface area (Å²) in [6.07, 6.45) is 1.28. The van der Waals surface area contributed by atoms with Crippen LogP contribution in [0.2, 0.25) is 0 Å². The van der Waals surface area contributed by atoms with Crippen molar-refractivity contribution in [3.05, 3.63) is 72.3 Å². The van der Waals surface area contributed by atoms with Gasteiger partial charge in [-0.3, -0.25) is 0 Å². The second-order valence-corrected chi connectivity index (χ2v) is 7.31. The van der Waals surface area contributed by atoms with Gasteiger partial charge in [0.25, 0.3) is 0 Å². The highest BCUT2D eigenvalue weighted by atomic mass is 16.7. The number of hydrogen-bond donors (Lipinski definition) is 1. The Morgan fingerprint density at radius 1 is 1.10 bits per heavy atom. The van der Waals surface area contributed by atoms with Crippen molar-refractivity contribution >= 4 is 17.9 Å². The predicted octanol–water partition coefficient (Wildman–Crippen LogP) is 2.91. The molecule has 2 aromatic carbocycles. The highest BCUT2D eigenvalue weighted by Crippen LogP contribution is 2.44. The van der Waals surface area contributed by atoms with E-state index >= 15 is 0 Å². The molecule has 1 saturated heterocycles. The van der Waals surface area contributed by atoms with Gasteiger partial charge in [0.1, 0.15) is 6.61 Å². The van der Waals surface area contributed by atoms with E-state index in [1.807, 2.05) is 48.5 Å². The molecule has 0 aromatic heterocycles. The average molecular weight is 407 g/mol. The fraction of sp³-hybridized carbons (Fsp3) is 0.261. The lowest BCUT2D eigenvalue weighted by atomic mass is 9.96. The first kappa shape index (κ1) is 19.8. The predicted molar refractivity (Wildman–Crippen MR) is 107 cm³/mol. The molecule has 0 saturated carbocycles. The number of carboxylic acid groups (broad SMARTS) is 1. The van der Waals surface area contributed by atoms with E-state index < -0.39 is 23.4 Å². The number of nitrogens with zero attached hydrogens (tertiary/aromatic N) is 1. The fourth-order valence-corrected chi connectivity index (χ4v) is 4.29. The zero-order valence-electron chi connectivity index (χ0n) is 16.2. The van der Waals surface area contributed by atoms with Crippen LogP contribution in [0.3, 0.4) is 0 Å². The molecule has 4 rings (SSSR count). The monoisotopic (exact) mass is 407 g/mol. The van der Waals surface area contributed by atoms with Crippen LogP contribution in [0.5, 0.6) is 0 Å². The number of esters is 1. The summed E-state index contributed by atoms with van der Waals surface area (Å²) in [5.41, 5.74) is 2.14. The summed E-state index contributed by atoms with van der Waals surface area (Å²) in [5.74, 6) is -3.37. The summed E-state index contributed by atoms with van der Waals surface area (Å²) in [4.78, 5) is 41.7. The Kier molecular flexibility index (Phi) is 5.13. The van der Waals surface area contributed by atoms with Crippen molar-refractivity contribution in [2.45, 2.75) is 24.3 Å². The second-order valence-electron chi connectivity index (χ2n) is 7.31. The van der Waals surface area contributed by atoms with Gasteiger partial charge in [-0.15, -0.1) is 5.06 Å². The second kappa shape index (κ2) is 7.76. The maximum atomic E-state index is 13.0. The average Bonchev–Trinajstić information content (AvgIpc) is 3.32. The van der Waals surface area contributed by atoms with Crippen molar-refractivity contribution < 1.29 is 29.1 Å². The molecule has 7 heteroatoms. The van der Waals surface area contributed by atoms with E-state index in [-0.39, 0.29) is 25.5 Å². The number of carbonyl (C=O) groups excluding carboxylic acids is 2. The molecule has 0 amide bonds. The van der Waals surface area contributed by atoms with Gasteiger partial charge in [-0.25, -0.2) is 14.4 Å². The van der Waals surface area contributed by atoms with Crippen molar-refractivity contribution in [1.29, 1.82) is 0 Å². The molecule has 1 N–H and O–H groups in total. The van der Waals surface area contributed by atoms with E-state index in [1.165, 1.54) is 0 Å². The largest absolute Gasteiger partial charge is 0.479 e. The van der Waals surface area contributed by atoms with E-state index in [0.717, 1.165) is 33.4 Å². The zero-order chi connectivity index (χ0) is 21.3. The molecule has 1 aliphatic carbocycles. The third-order valence-corrected chi connectivity index (χ3v) is 5.73. The summed E-state index contributed by atoms with van der Waals surface area (Å²) < 4.78 is 5.56. The van der Waals surface area contributed by atoms with E-state index in [4.69, 9.17) is 9.57 Å². The van der Waals surface area contributed by atoms with Crippen LogP contribution in [0.1, 0.15) is 29.9 Å². The molecule has 1 fully saturated rings. The quantitative estimate of drug-likeness (QED) is 0.447. The normalized spacial score (nSPS) is 20.3. The van der Waals surface area contributed by atoms with Crippen LogP contribution < -0.4 is 0 Å². The van der Waals surface area contributed by atoms with E-state index in [1.54, 1.807) is 0 Å². The highest BCUT2D eigenvalue weighted by Gasteiger charge is 2.58. The summed E-state index contributed by atoms with van der Waals surface area (Å²) in [6.45, 7) is 3.42. The number of carboxylic acids is 1. The number of hydroxylamine groups is 2. The maximum Gasteiger partial charge on any atom is 0.349 e. The number of carbonyl (C=O) groups is 3. The summed E-state index contributed by atoms with van der Waals surface area (Å²) in [7, 11) is 0. The lowest BCUT2D eigenvalue weighted by Crippen LogP contribution is -2.57. The van der Waals surface area contributed by atoms with Crippen molar-refractivity contribution in [1.82, 2.24) is 5.06 Å². The Balaban J connectivity index is 1.58. The Hall–Kier alpha value is -3.45. The molecule has 0 radical (unpaired) electrons. The van der Waals surface area contributed by atoms with Crippen LogP contribution in [0.25, 0.3) is 11.1 Å². The van der Waals surface area contributed by atoms with Gasteiger partial charge in [0.15, 0.2) is 0 Å². The Labute approximate surface area is 173 Å². The number of rotatable bonds is 6. The molecule has 0 unspecified atom stereocenters. The number of ether oxygens (including phenoxy) is 1. The third kappa shape index (κ3) is 3.07. The zero-order valence-corrected chi connectivity index (χ0v) is 16.2. The summed E-state index contributed by atoms with van der Waals surface area (Å²) in [6, 6.07) is 15.7. The smallest absolute Gasteiger partial charge is 0.349 e. The molecule has 7 nitrogen and oxygen atoms in total. The van der Waals surface area contributed by atoms with Crippen LogP contribution in [0.4, 0.5) is 0 Å². The van der Waals surface area contributed by atoms with Gasteiger partial charge in [-0.2, -0.15) is 0 Å². The standard InChI is InChI=1S/C23H21NO6/c1-2-20(25)30-24-13-7-12-23(24,21(26)27)22(28)29-14-19-17-10-5-3-8-15(17)16-9-4-6-11-18(16)19/h2-6,8-11,19H,1,7,12-14H2,(H,26,27)/t23-/m0/s1. The lowest BCUT2D eigenvalue weighted by molar-refractivity contribution is -0.218. The van der Waals surface area contributed by atoms with Crippen molar-refractivity contribution in [2.24, 2.45) is 0 Å². The lowest BCUT2D eigenvalue weighted by Gasteiger charge is -2.30. The topological polar surface area (TPSA) is 93.1 Å². The van der Waals surface area contributed by atoms with E-state index in [0.29, 0.717) is 6.42 Å². The molecule has 1 heterocycles. The minimum atomic E-state index is -2.06. The minimum Gasteiger partial charge on any atom is -0.479 e. The van der Waals surface area contributed by atoms with E-state index in [9.17, 15) is 19.5 Å². The molecular weight excluding hydrogens is 386 g/mol. The summed E-state index contributed by atoms with van der Waals surface area (Å²) >= 11 is 0. The number of aliphatic carboxylic acids is 1. The molecule has 0 bridgehead atoms. The fourth-order valence-electron chi connectivity index (χ4n) is 4.29. The molecule has 2 aromatic rings. The maximum absolute atomic E-state index is 13.0. The minimum absolute atomic E-state index is 0.00879. The molecule has 1 aliphatic heterocycles. The highest BCUT2D eigenvalue weighted by molar-refractivity contribution is 6.04. The molecule has 1 atom stereocenters. The van der Waals surface area contributed by atoms with Gasteiger partial charge >= 0.3 is 17.9 Å². The Bertz CT molecular complexity index is 986. The number of hydrogen-bond acceptors (Lipinski definition) is 6. The number of benzene rings is 2. The summed E-state index contributed by atoms with van der Waals surface area (Å²) in [5, 5.41) is 10.7. The molecule has 2 aliphatic rings. The van der Waals surface area contributed by atoms with Crippen LogP contribution in [0.15, 0.2) is 61.2 Å². The SMILES string of the molecule is C=CC(=O)ON1CCC[C@]1(C(=O)O)C(=O)OCC1c2ccccc2-c2ccccc21. The van der Waals surface area contributed by atoms with Crippen molar-refractivity contribution in [3.63, 3.8) is 0 Å². The Morgan fingerprint density at radius 2 is 1.70 bits per heavy atom. The van der Waals surface area contributed by atoms with Gasteiger partial charge in [0.2, 0.25) is 5.54 Å². The van der Waals surface area contributed by atoms with Gasteiger partial charge < -0.3 is 14.7 Å². The van der Waals surface area contributed by atoms with Crippen LogP contribution in [0, 0.1) is 0 Å². The molecule has 154 valence electrons. The first-order valence-electron chi connectivity index (χ1n) is 9.70. The molecule has 30 heavy (non-hydrogen) atoms. The molecule has 0 spiro atoms. The van der Waals surface area contributed by atoms with Crippen molar-refractivity contribution in [2.75, 3.05) is 13.2 Å². The van der Waals surface area contributed by atoms with Crippen LogP contribution in [-0.2, 0) is 24.0 Å². The van der Waals surface area contributed by atoms with Crippen LogP contribution in [-0.4, -0.2) is 46.8 Å². The van der Waals surface area contributed by atoms with Gasteiger partial charge in [0.05, 0.1) is 0 Å².